The van der Waals surface area contributed by atoms with Crippen molar-refractivity contribution in [1.82, 2.24) is 4.57 Å². The van der Waals surface area contributed by atoms with Crippen LogP contribution in [-0.2, 0) is 7.05 Å². The fourth-order valence-corrected chi connectivity index (χ4v) is 2.33. The maximum absolute atomic E-state index is 11.0. The molecule has 4 heteroatoms. The third kappa shape index (κ3) is 1.28. The van der Waals surface area contributed by atoms with Crippen LogP contribution in [0.1, 0.15) is 16.1 Å². The molecule has 3 nitrogen and oxygen atoms in total. The molecule has 1 N–H and O–H groups in total. The number of aromatic hydroxyl groups is 1. The molecule has 1 heterocycles. The molecule has 0 saturated heterocycles. The van der Waals surface area contributed by atoms with Gasteiger partial charge in [-0.05, 0) is 35.0 Å². The minimum Gasteiger partial charge on any atom is -0.507 e. The number of benzene rings is 1. The SMILES string of the molecule is Cc1c(C=O)c2c(Br)c(O)ccc2n1C. The van der Waals surface area contributed by atoms with Crippen molar-refractivity contribution in [2.24, 2.45) is 7.05 Å². The van der Waals surface area contributed by atoms with Crippen LogP contribution in [0.2, 0.25) is 0 Å². The standard InChI is InChI=1S/C11H10BrNO2/c1-6-7(5-14)10-8(13(6)2)3-4-9(15)11(10)12/h3-5,15H,1-2H3. The molecule has 1 aromatic heterocycles. The second-order valence-corrected chi connectivity index (χ2v) is 4.26. The summed E-state index contributed by atoms with van der Waals surface area (Å²) < 4.78 is 2.51. The van der Waals surface area contributed by atoms with E-state index in [2.05, 4.69) is 15.9 Å². The highest BCUT2D eigenvalue weighted by atomic mass is 79.9. The largest absolute Gasteiger partial charge is 0.507 e. The van der Waals surface area contributed by atoms with Gasteiger partial charge in [-0.15, -0.1) is 0 Å². The molecule has 0 bridgehead atoms. The number of phenolic OH excluding ortho intramolecular Hbond substituents is 1. The highest BCUT2D eigenvalue weighted by Gasteiger charge is 2.15. The molecule has 0 aliphatic carbocycles. The Balaban J connectivity index is 3.05. The van der Waals surface area contributed by atoms with Crippen LogP contribution in [0.15, 0.2) is 16.6 Å². The molecule has 0 fully saturated rings. The van der Waals surface area contributed by atoms with Crippen LogP contribution in [0.5, 0.6) is 5.75 Å². The summed E-state index contributed by atoms with van der Waals surface area (Å²) in [5, 5.41) is 10.3. The molecule has 0 amide bonds. The van der Waals surface area contributed by atoms with Crippen molar-refractivity contribution in [3.8, 4) is 5.75 Å². The lowest BCUT2D eigenvalue weighted by molar-refractivity contribution is 0.112. The molecule has 0 aliphatic heterocycles. The molecule has 0 aliphatic rings. The Morgan fingerprint density at radius 2 is 2.13 bits per heavy atom. The number of fused-ring (bicyclic) bond motifs is 1. The van der Waals surface area contributed by atoms with Gasteiger partial charge in [-0.25, -0.2) is 0 Å². The summed E-state index contributed by atoms with van der Waals surface area (Å²) in [6.07, 6.45) is 0.821. The van der Waals surface area contributed by atoms with Crippen LogP contribution in [0, 0.1) is 6.92 Å². The van der Waals surface area contributed by atoms with Crippen LogP contribution in [0.4, 0.5) is 0 Å². The van der Waals surface area contributed by atoms with Crippen molar-refractivity contribution in [3.63, 3.8) is 0 Å². The third-order valence-corrected chi connectivity index (χ3v) is 3.54. The summed E-state index contributed by atoms with van der Waals surface area (Å²) in [7, 11) is 1.90. The Morgan fingerprint density at radius 3 is 2.73 bits per heavy atom. The van der Waals surface area contributed by atoms with E-state index >= 15 is 0 Å². The summed E-state index contributed by atoms with van der Waals surface area (Å²) in [5.74, 6) is 0.149. The quantitative estimate of drug-likeness (QED) is 0.808. The zero-order chi connectivity index (χ0) is 11.2. The maximum atomic E-state index is 11.0. The first-order valence-electron chi connectivity index (χ1n) is 4.49. The predicted molar refractivity (Wildman–Crippen MR) is 62.4 cm³/mol. The third-order valence-electron chi connectivity index (χ3n) is 2.74. The number of rotatable bonds is 1. The van der Waals surface area contributed by atoms with Crippen LogP contribution >= 0.6 is 15.9 Å². The number of phenols is 1. The molecule has 1 aromatic carbocycles. The average Bonchev–Trinajstić information content (AvgIpc) is 2.47. The Bertz CT molecular complexity index is 557. The summed E-state index contributed by atoms with van der Waals surface area (Å²) in [6, 6.07) is 3.41. The normalized spacial score (nSPS) is 10.9. The molecule has 2 rings (SSSR count). The fourth-order valence-electron chi connectivity index (χ4n) is 1.78. The number of halogens is 1. The molecule has 2 aromatic rings. The lowest BCUT2D eigenvalue weighted by Gasteiger charge is -2.00. The van der Waals surface area contributed by atoms with Gasteiger partial charge in [-0.3, -0.25) is 4.79 Å². The van der Waals surface area contributed by atoms with E-state index in [0.717, 1.165) is 22.9 Å². The first kappa shape index (κ1) is 10.2. The zero-order valence-electron chi connectivity index (χ0n) is 8.41. The molecule has 0 unspecified atom stereocenters. The Kier molecular flexibility index (Phi) is 2.31. The Hall–Kier alpha value is -1.29. The van der Waals surface area contributed by atoms with Gasteiger partial charge in [-0.2, -0.15) is 0 Å². The van der Waals surface area contributed by atoms with E-state index in [1.807, 2.05) is 18.5 Å². The predicted octanol–water partition coefficient (Wildman–Crippen LogP) is 2.77. The van der Waals surface area contributed by atoms with Crippen molar-refractivity contribution < 1.29 is 9.90 Å². The molecular formula is C11H10BrNO2. The van der Waals surface area contributed by atoms with E-state index in [4.69, 9.17) is 0 Å². The molecular weight excluding hydrogens is 258 g/mol. The van der Waals surface area contributed by atoms with E-state index < -0.39 is 0 Å². The maximum Gasteiger partial charge on any atom is 0.152 e. The van der Waals surface area contributed by atoms with Gasteiger partial charge >= 0.3 is 0 Å². The van der Waals surface area contributed by atoms with Crippen molar-refractivity contribution in [2.45, 2.75) is 6.92 Å². The zero-order valence-corrected chi connectivity index (χ0v) is 10.00. The van der Waals surface area contributed by atoms with Gasteiger partial charge in [0.1, 0.15) is 5.75 Å². The Morgan fingerprint density at radius 1 is 1.47 bits per heavy atom. The van der Waals surface area contributed by atoms with Crippen LogP contribution in [0.25, 0.3) is 10.9 Å². The fraction of sp³-hybridized carbons (Fsp3) is 0.182. The lowest BCUT2D eigenvalue weighted by Crippen LogP contribution is -1.91. The van der Waals surface area contributed by atoms with Gasteiger partial charge < -0.3 is 9.67 Å². The summed E-state index contributed by atoms with van der Waals surface area (Å²) in [6.45, 7) is 1.88. The minimum absolute atomic E-state index is 0.149. The number of hydrogen-bond donors (Lipinski definition) is 1. The number of aromatic nitrogens is 1. The van der Waals surface area contributed by atoms with E-state index in [1.54, 1.807) is 12.1 Å². The van der Waals surface area contributed by atoms with E-state index in [1.165, 1.54) is 0 Å². The van der Waals surface area contributed by atoms with E-state index in [9.17, 15) is 9.90 Å². The van der Waals surface area contributed by atoms with Gasteiger partial charge in [0.05, 0.1) is 9.99 Å². The lowest BCUT2D eigenvalue weighted by atomic mass is 10.1. The highest BCUT2D eigenvalue weighted by molar-refractivity contribution is 9.10. The van der Waals surface area contributed by atoms with Crippen molar-refractivity contribution in [3.05, 3.63) is 27.9 Å². The summed E-state index contributed by atoms with van der Waals surface area (Å²) in [4.78, 5) is 11.0. The van der Waals surface area contributed by atoms with Crippen molar-refractivity contribution in [2.75, 3.05) is 0 Å². The van der Waals surface area contributed by atoms with Gasteiger partial charge in [-0.1, -0.05) is 0 Å². The van der Waals surface area contributed by atoms with Gasteiger partial charge in [0.15, 0.2) is 6.29 Å². The van der Waals surface area contributed by atoms with E-state index in [-0.39, 0.29) is 5.75 Å². The van der Waals surface area contributed by atoms with Crippen LogP contribution in [-0.4, -0.2) is 16.0 Å². The van der Waals surface area contributed by atoms with E-state index in [0.29, 0.717) is 10.0 Å². The first-order chi connectivity index (χ1) is 7.07. The number of nitrogens with zero attached hydrogens (tertiary/aromatic N) is 1. The summed E-state index contributed by atoms with van der Waals surface area (Å²) >= 11 is 3.30. The number of aryl methyl sites for hydroxylation is 1. The highest BCUT2D eigenvalue weighted by Crippen LogP contribution is 2.36. The van der Waals surface area contributed by atoms with Gasteiger partial charge in [0, 0.05) is 23.7 Å². The second-order valence-electron chi connectivity index (χ2n) is 3.47. The first-order valence-corrected chi connectivity index (χ1v) is 5.29. The molecule has 0 spiro atoms. The molecule has 15 heavy (non-hydrogen) atoms. The average molecular weight is 268 g/mol. The minimum atomic E-state index is 0.149. The van der Waals surface area contributed by atoms with Crippen molar-refractivity contribution >= 4 is 33.1 Å². The number of aldehydes is 1. The van der Waals surface area contributed by atoms with Gasteiger partial charge in [0.2, 0.25) is 0 Å². The van der Waals surface area contributed by atoms with Crippen molar-refractivity contribution in [1.29, 1.82) is 0 Å². The number of carbonyl (C=O) groups is 1. The smallest absolute Gasteiger partial charge is 0.152 e. The number of hydrogen-bond acceptors (Lipinski definition) is 2. The topological polar surface area (TPSA) is 42.2 Å². The Labute approximate surface area is 95.5 Å². The summed E-state index contributed by atoms with van der Waals surface area (Å²) in [5.41, 5.74) is 2.45. The monoisotopic (exact) mass is 267 g/mol. The molecule has 78 valence electrons. The second kappa shape index (κ2) is 3.38. The molecule has 0 saturated carbocycles. The molecule has 0 atom stereocenters. The van der Waals surface area contributed by atoms with Crippen LogP contribution < -0.4 is 0 Å². The van der Waals surface area contributed by atoms with Gasteiger partial charge in [0.25, 0.3) is 0 Å². The molecule has 0 radical (unpaired) electrons. The number of carbonyl (C=O) groups excluding carboxylic acids is 1. The van der Waals surface area contributed by atoms with Crippen LogP contribution in [0.3, 0.4) is 0 Å².